The fraction of sp³-hybridized carbons (Fsp3) is 0.350. The maximum Gasteiger partial charge on any atom is 0.320 e. The molecule has 1 unspecified atom stereocenters. The minimum Gasteiger partial charge on any atom is -0.489 e. The van der Waals surface area contributed by atoms with Gasteiger partial charge in [-0.1, -0.05) is 55.8 Å². The summed E-state index contributed by atoms with van der Waals surface area (Å²) in [4.78, 5) is 11.3. The second kappa shape index (κ2) is 9.44. The quantitative estimate of drug-likeness (QED) is 0.690. The highest BCUT2D eigenvalue weighted by atomic mass is 35.5. The summed E-state index contributed by atoms with van der Waals surface area (Å²) in [6.07, 6.45) is 0.606. The van der Waals surface area contributed by atoms with E-state index in [1.807, 2.05) is 62.4 Å². The maximum absolute atomic E-state index is 11.3. The van der Waals surface area contributed by atoms with Crippen LogP contribution in [0.1, 0.15) is 31.4 Å². The first-order valence-corrected chi connectivity index (χ1v) is 8.75. The summed E-state index contributed by atoms with van der Waals surface area (Å²) in [6, 6.07) is 14.7. The molecule has 0 bridgehead atoms. The molecule has 0 heterocycles. The third kappa shape index (κ3) is 6.40. The predicted octanol–water partition coefficient (Wildman–Crippen LogP) is 4.51. The van der Waals surface area contributed by atoms with E-state index in [1.165, 1.54) is 0 Å². The summed E-state index contributed by atoms with van der Waals surface area (Å²) in [5, 5.41) is 13.0. The van der Waals surface area contributed by atoms with Crippen molar-refractivity contribution in [1.82, 2.24) is 5.32 Å². The highest BCUT2D eigenvalue weighted by molar-refractivity contribution is 6.31. The van der Waals surface area contributed by atoms with E-state index in [-0.39, 0.29) is 0 Å². The molecule has 2 N–H and O–H groups in total. The van der Waals surface area contributed by atoms with E-state index in [1.54, 1.807) is 0 Å². The van der Waals surface area contributed by atoms with Gasteiger partial charge in [0, 0.05) is 17.1 Å². The van der Waals surface area contributed by atoms with Crippen LogP contribution in [0.3, 0.4) is 0 Å². The summed E-state index contributed by atoms with van der Waals surface area (Å²) >= 11 is 6.11. The SMILES string of the molecule is CC(C)CC(NCc1ccc(OCc2ccccc2Cl)cc1)C(=O)O. The van der Waals surface area contributed by atoms with Crippen LogP contribution in [0.5, 0.6) is 5.75 Å². The van der Waals surface area contributed by atoms with Gasteiger partial charge in [0.25, 0.3) is 0 Å². The summed E-state index contributed by atoms with van der Waals surface area (Å²) in [5.41, 5.74) is 1.95. The molecule has 5 heteroatoms. The molecule has 0 saturated carbocycles. The van der Waals surface area contributed by atoms with Crippen molar-refractivity contribution in [2.24, 2.45) is 5.92 Å². The van der Waals surface area contributed by atoms with E-state index >= 15 is 0 Å². The molecule has 0 amide bonds. The third-order valence-electron chi connectivity index (χ3n) is 3.83. The average molecular weight is 362 g/mol. The van der Waals surface area contributed by atoms with Crippen LogP contribution in [0, 0.1) is 5.92 Å². The Hall–Kier alpha value is -2.04. The lowest BCUT2D eigenvalue weighted by atomic mass is 10.0. The van der Waals surface area contributed by atoms with Crippen LogP contribution in [0.25, 0.3) is 0 Å². The lowest BCUT2D eigenvalue weighted by Gasteiger charge is -2.16. The maximum atomic E-state index is 11.3. The van der Waals surface area contributed by atoms with Gasteiger partial charge in [0.15, 0.2) is 0 Å². The number of rotatable bonds is 9. The zero-order chi connectivity index (χ0) is 18.2. The van der Waals surface area contributed by atoms with Crippen molar-refractivity contribution in [2.45, 2.75) is 39.5 Å². The molecular formula is C20H24ClNO3. The van der Waals surface area contributed by atoms with Crippen LogP contribution in [0.15, 0.2) is 48.5 Å². The second-order valence-corrected chi connectivity index (χ2v) is 6.83. The Kier molecular flexibility index (Phi) is 7.29. The van der Waals surface area contributed by atoms with Crippen LogP contribution in [-0.2, 0) is 17.9 Å². The Bertz CT molecular complexity index is 686. The van der Waals surface area contributed by atoms with Crippen molar-refractivity contribution in [3.05, 3.63) is 64.7 Å². The third-order valence-corrected chi connectivity index (χ3v) is 4.20. The molecule has 2 rings (SSSR count). The van der Waals surface area contributed by atoms with Crippen molar-refractivity contribution in [2.75, 3.05) is 0 Å². The number of halogens is 1. The predicted molar refractivity (Wildman–Crippen MR) is 99.9 cm³/mol. The molecule has 0 spiro atoms. The zero-order valence-electron chi connectivity index (χ0n) is 14.5. The smallest absolute Gasteiger partial charge is 0.320 e. The number of benzene rings is 2. The number of carbonyl (C=O) groups is 1. The molecule has 0 aromatic heterocycles. The van der Waals surface area contributed by atoms with Crippen molar-refractivity contribution in [1.29, 1.82) is 0 Å². The Balaban J connectivity index is 1.87. The monoisotopic (exact) mass is 361 g/mol. The summed E-state index contributed by atoms with van der Waals surface area (Å²) in [7, 11) is 0. The molecule has 2 aromatic carbocycles. The highest BCUT2D eigenvalue weighted by Gasteiger charge is 2.17. The van der Waals surface area contributed by atoms with Crippen LogP contribution < -0.4 is 10.1 Å². The Morgan fingerprint density at radius 3 is 2.44 bits per heavy atom. The Morgan fingerprint density at radius 2 is 1.84 bits per heavy atom. The van der Waals surface area contributed by atoms with Gasteiger partial charge in [0.05, 0.1) is 0 Å². The van der Waals surface area contributed by atoms with Crippen molar-refractivity contribution in [3.63, 3.8) is 0 Å². The van der Waals surface area contributed by atoms with Crippen molar-refractivity contribution >= 4 is 17.6 Å². The lowest BCUT2D eigenvalue weighted by molar-refractivity contribution is -0.140. The molecule has 0 fully saturated rings. The largest absolute Gasteiger partial charge is 0.489 e. The van der Waals surface area contributed by atoms with Crippen molar-refractivity contribution < 1.29 is 14.6 Å². The van der Waals surface area contributed by atoms with E-state index < -0.39 is 12.0 Å². The van der Waals surface area contributed by atoms with E-state index in [9.17, 15) is 9.90 Å². The van der Waals surface area contributed by atoms with Gasteiger partial charge in [-0.3, -0.25) is 4.79 Å². The molecule has 1 atom stereocenters. The fourth-order valence-electron chi connectivity index (χ4n) is 2.46. The van der Waals surface area contributed by atoms with Crippen LogP contribution >= 0.6 is 11.6 Å². The van der Waals surface area contributed by atoms with Gasteiger partial charge in [-0.15, -0.1) is 0 Å². The molecule has 2 aromatic rings. The molecule has 0 aliphatic carbocycles. The van der Waals surface area contributed by atoms with Crippen molar-refractivity contribution in [3.8, 4) is 5.75 Å². The number of carboxylic acids is 1. The van der Waals surface area contributed by atoms with Crippen LogP contribution in [0.2, 0.25) is 5.02 Å². The second-order valence-electron chi connectivity index (χ2n) is 6.43. The molecule has 134 valence electrons. The summed E-state index contributed by atoms with van der Waals surface area (Å²) in [5.74, 6) is 0.267. The first-order valence-electron chi connectivity index (χ1n) is 8.37. The molecule has 0 saturated heterocycles. The Labute approximate surface area is 153 Å². The van der Waals surface area contributed by atoms with Gasteiger partial charge < -0.3 is 15.2 Å². The minimum absolute atomic E-state index is 0.328. The van der Waals surface area contributed by atoms with Gasteiger partial charge in [0.2, 0.25) is 0 Å². The zero-order valence-corrected chi connectivity index (χ0v) is 15.3. The summed E-state index contributed by atoms with van der Waals surface area (Å²) < 4.78 is 5.75. The number of carboxylic acid groups (broad SMARTS) is 1. The lowest BCUT2D eigenvalue weighted by Crippen LogP contribution is -2.37. The molecule has 0 radical (unpaired) electrons. The normalized spacial score (nSPS) is 12.2. The standard InChI is InChI=1S/C20H24ClNO3/c1-14(2)11-19(20(23)24)22-12-15-7-9-17(10-8-15)25-13-16-5-3-4-6-18(16)21/h3-10,14,19,22H,11-13H2,1-2H3,(H,23,24). The van der Waals surface area contributed by atoms with Gasteiger partial charge in [-0.2, -0.15) is 0 Å². The van der Waals surface area contributed by atoms with Gasteiger partial charge >= 0.3 is 5.97 Å². The average Bonchev–Trinajstić information content (AvgIpc) is 2.58. The van der Waals surface area contributed by atoms with E-state index in [2.05, 4.69) is 5.32 Å². The Morgan fingerprint density at radius 1 is 1.16 bits per heavy atom. The van der Waals surface area contributed by atoms with Gasteiger partial charge in [0.1, 0.15) is 18.4 Å². The number of hydrogen-bond donors (Lipinski definition) is 2. The van der Waals surface area contributed by atoms with Gasteiger partial charge in [-0.25, -0.2) is 0 Å². The van der Waals surface area contributed by atoms with Crippen LogP contribution in [-0.4, -0.2) is 17.1 Å². The van der Waals surface area contributed by atoms with E-state index in [4.69, 9.17) is 16.3 Å². The molecule has 0 aliphatic heterocycles. The molecule has 25 heavy (non-hydrogen) atoms. The fourth-order valence-corrected chi connectivity index (χ4v) is 2.65. The first-order chi connectivity index (χ1) is 12.0. The van der Waals surface area contributed by atoms with E-state index in [0.717, 1.165) is 16.9 Å². The topological polar surface area (TPSA) is 58.6 Å². The number of ether oxygens (including phenoxy) is 1. The first kappa shape index (κ1) is 19.3. The number of aliphatic carboxylic acids is 1. The highest BCUT2D eigenvalue weighted by Crippen LogP contribution is 2.19. The number of nitrogens with one attached hydrogen (secondary N) is 1. The molecule has 4 nitrogen and oxygen atoms in total. The summed E-state index contributed by atoms with van der Waals surface area (Å²) in [6.45, 7) is 4.95. The molecule has 0 aliphatic rings. The van der Waals surface area contributed by atoms with Gasteiger partial charge in [-0.05, 0) is 36.1 Å². The minimum atomic E-state index is -0.812. The van der Waals surface area contributed by atoms with E-state index in [0.29, 0.717) is 30.5 Å². The van der Waals surface area contributed by atoms with Crippen LogP contribution in [0.4, 0.5) is 0 Å². The molecular weight excluding hydrogens is 338 g/mol. The number of hydrogen-bond acceptors (Lipinski definition) is 3.